The lowest BCUT2D eigenvalue weighted by molar-refractivity contribution is -0.571. The van der Waals surface area contributed by atoms with Crippen LogP contribution in [0.3, 0.4) is 0 Å². The molecule has 308 valence electrons. The molecular formula is C58H45N5O. The molecule has 11 rings (SSSR count). The third kappa shape index (κ3) is 6.99. The summed E-state index contributed by atoms with van der Waals surface area (Å²) in [5.41, 5.74) is -9.51. The van der Waals surface area contributed by atoms with E-state index in [-0.39, 0.29) is 27.4 Å². The number of benzene rings is 7. The van der Waals surface area contributed by atoms with Crippen LogP contribution in [0.15, 0.2) is 200 Å². The van der Waals surface area contributed by atoms with E-state index in [1.807, 2.05) is 0 Å². The summed E-state index contributed by atoms with van der Waals surface area (Å²) in [5.74, 6) is -1.96. The molecule has 0 unspecified atom stereocenters. The van der Waals surface area contributed by atoms with Crippen LogP contribution in [0.4, 0.5) is 0 Å². The third-order valence-electron chi connectivity index (χ3n) is 9.80. The van der Waals surface area contributed by atoms with E-state index in [0.29, 0.717) is 9.13 Å². The predicted octanol–water partition coefficient (Wildman–Crippen LogP) is 14.0. The lowest BCUT2D eigenvalue weighted by Gasteiger charge is -2.20. The second-order valence-electron chi connectivity index (χ2n) is 15.0. The van der Waals surface area contributed by atoms with Gasteiger partial charge in [0.15, 0.2) is 0 Å². The normalized spacial score (nSPS) is 18.5. The molecule has 0 aliphatic heterocycles. The van der Waals surface area contributed by atoms with E-state index in [2.05, 4.69) is 16.3 Å². The number of hydrogen-bond donors (Lipinski definition) is 0. The highest BCUT2D eigenvalue weighted by Gasteiger charge is 2.21. The Morgan fingerprint density at radius 1 is 0.594 bits per heavy atom. The van der Waals surface area contributed by atoms with Crippen LogP contribution in [-0.4, -0.2) is 19.1 Å². The van der Waals surface area contributed by atoms with Gasteiger partial charge in [0.2, 0.25) is 0 Å². The van der Waals surface area contributed by atoms with Crippen molar-refractivity contribution in [2.75, 3.05) is 0 Å². The van der Waals surface area contributed by atoms with Crippen LogP contribution in [-0.2, 0) is 5.41 Å². The van der Waals surface area contributed by atoms with Gasteiger partial charge in [-0.15, -0.1) is 0 Å². The van der Waals surface area contributed by atoms with E-state index < -0.39 is 272 Å². The Hall–Kier alpha value is -8.09. The molecular weight excluding hydrogens is 783 g/mol. The maximum Gasteiger partial charge on any atom is 0.269 e. The molecule has 4 aromatic heterocycles. The van der Waals surface area contributed by atoms with E-state index >= 15 is 0 Å². The van der Waals surface area contributed by atoms with Gasteiger partial charge in [-0.1, -0.05) is 142 Å². The van der Waals surface area contributed by atoms with Crippen LogP contribution in [0, 0.1) is 13.3 Å². The average Bonchev–Trinajstić information content (AvgIpc) is 1.61. The van der Waals surface area contributed by atoms with E-state index in [9.17, 15) is 17.8 Å². The first-order valence-electron chi connectivity index (χ1n) is 34.7. The first-order valence-corrected chi connectivity index (χ1v) is 19.2. The van der Waals surface area contributed by atoms with Crippen molar-refractivity contribution >= 4 is 32.8 Å². The topological polar surface area (TPSA) is 48.8 Å². The summed E-state index contributed by atoms with van der Waals surface area (Å²) in [6.07, 6.45) is 1.53. The molecule has 0 aliphatic rings. The number of para-hydroxylation sites is 3. The largest absolute Gasteiger partial charge is 0.458 e. The zero-order valence-electron chi connectivity index (χ0n) is 64.8. The van der Waals surface area contributed by atoms with Crippen molar-refractivity contribution < 1.29 is 51.8 Å². The second-order valence-corrected chi connectivity index (χ2v) is 15.0. The number of imidazole rings is 1. The predicted molar refractivity (Wildman–Crippen MR) is 260 cm³/mol. The molecule has 0 radical (unpaired) electrons. The summed E-state index contributed by atoms with van der Waals surface area (Å²) in [4.78, 5) is 8.42. The van der Waals surface area contributed by atoms with Crippen molar-refractivity contribution in [1.82, 2.24) is 19.1 Å². The van der Waals surface area contributed by atoms with Crippen molar-refractivity contribution in [2.45, 2.75) is 33.1 Å². The van der Waals surface area contributed by atoms with Gasteiger partial charge in [-0.2, -0.15) is 0 Å². The van der Waals surface area contributed by atoms with Gasteiger partial charge >= 0.3 is 0 Å². The number of nitrogens with zero attached hydrogens (tertiary/aromatic N) is 5. The SMILES string of the molecule is [2H]c1nc(-n2c3cc(Oc4cc(-n5[c-][n+](-c6c(-c7c([2H])c([2H])c([2H])c([2H])c7[2H])c([2H])c([2H])c([2H])c6-c6c([2H])c([2H])c([2H])c([2H])c6[2H])c6c([2H])c([2H])c([2H])c([2H])c65)c([2H])c([2H])c4[2H])c([2H])c([2H])c3c3c([2H])c(-c4nc([2H])c(C)c([2H])c4[2H])c([2H])c([2H])c32)c([2H])c(C(C)(C)C)c1[2H]. The monoisotopic (exact) mass is 859 g/mol. The first-order chi connectivity index (χ1) is 44.2. The van der Waals surface area contributed by atoms with E-state index in [0.717, 1.165) is 16.7 Å². The van der Waals surface area contributed by atoms with Crippen LogP contribution in [0.1, 0.15) is 74.4 Å². The fourth-order valence-corrected chi connectivity index (χ4v) is 6.85. The Kier molecular flexibility index (Phi) is 4.40. The number of aromatic nitrogens is 5. The maximum atomic E-state index is 9.71. The minimum absolute atomic E-state index is 0.0155. The quantitative estimate of drug-likeness (QED) is 0.113. The molecule has 0 bridgehead atoms. The van der Waals surface area contributed by atoms with Crippen molar-refractivity contribution in [1.29, 1.82) is 0 Å². The Morgan fingerprint density at radius 3 is 2.08 bits per heavy atom. The minimum atomic E-state index is -1.09. The lowest BCUT2D eigenvalue weighted by Crippen LogP contribution is -2.31. The highest BCUT2D eigenvalue weighted by molar-refractivity contribution is 6.10. The standard InChI is InChI=1S/C58H45N5O/c1-39-25-29-51(60-37-39)42-26-30-52-50(33-42)49-28-27-46(36-55(49)63(52)56-34-43(31-32-59-56)58(2,3)4)64-45-20-13-19-44(35-45)61-38-62(54-24-12-11-23-53(54)61)57-47(40-15-7-5-8-16-40)21-14-22-48(57)41-17-9-6-10-18-41/h5-37H,1-4H3/i5D,6D,7D,8D,9D,10D,11D,12D,13D,14D,15D,16D,17D,18D,19D,20D,21D,22D,23D,24D,25D,26D,27D,28D,29D,30D,31D,32D,33D,34D,37D. The summed E-state index contributed by atoms with van der Waals surface area (Å²) >= 11 is 0. The molecule has 4 heterocycles. The zero-order chi connectivity index (χ0) is 70.3. The zero-order valence-corrected chi connectivity index (χ0v) is 33.8. The summed E-state index contributed by atoms with van der Waals surface area (Å²) in [6, 6.07) is -24.2. The smallest absolute Gasteiger partial charge is 0.269 e. The second kappa shape index (κ2) is 15.7. The fourth-order valence-electron chi connectivity index (χ4n) is 6.85. The van der Waals surface area contributed by atoms with Crippen molar-refractivity contribution in [3.05, 3.63) is 217 Å². The molecule has 0 fully saturated rings. The lowest BCUT2D eigenvalue weighted by atomic mass is 9.88. The maximum absolute atomic E-state index is 9.71. The molecule has 11 aromatic rings. The summed E-state index contributed by atoms with van der Waals surface area (Å²) < 4.78 is 290. The molecule has 7 aromatic carbocycles. The van der Waals surface area contributed by atoms with Crippen LogP contribution in [0.25, 0.3) is 83.5 Å². The van der Waals surface area contributed by atoms with Crippen LogP contribution in [0.2, 0.25) is 0 Å². The molecule has 0 saturated heterocycles. The molecule has 0 saturated carbocycles. The van der Waals surface area contributed by atoms with Crippen molar-refractivity contribution in [3.8, 4) is 62.2 Å². The van der Waals surface area contributed by atoms with Gasteiger partial charge in [0, 0.05) is 34.7 Å². The molecule has 0 N–H and O–H groups in total. The van der Waals surface area contributed by atoms with Crippen molar-refractivity contribution in [3.63, 3.8) is 0 Å². The highest BCUT2D eigenvalue weighted by Crippen LogP contribution is 2.39. The van der Waals surface area contributed by atoms with Gasteiger partial charge in [0.1, 0.15) is 17.3 Å². The number of fused-ring (bicyclic) bond motifs is 4. The number of pyridine rings is 2. The first kappa shape index (κ1) is 17.9. The van der Waals surface area contributed by atoms with Crippen LogP contribution in [0.5, 0.6) is 11.5 Å². The van der Waals surface area contributed by atoms with Crippen LogP contribution >= 0.6 is 0 Å². The Morgan fingerprint density at radius 2 is 1.31 bits per heavy atom. The molecule has 0 atom stereocenters. The molecule has 0 aliphatic carbocycles. The van der Waals surface area contributed by atoms with Gasteiger partial charge in [-0.3, -0.25) is 18.7 Å². The number of ether oxygens (including phenoxy) is 1. The Labute approximate surface area is 416 Å². The fraction of sp³-hybridized carbons (Fsp3) is 0.0862. The van der Waals surface area contributed by atoms with E-state index in [1.165, 1.54) is 6.92 Å². The average molecular weight is 859 g/mol. The van der Waals surface area contributed by atoms with Gasteiger partial charge < -0.3 is 4.74 Å². The van der Waals surface area contributed by atoms with E-state index in [1.54, 1.807) is 20.8 Å². The molecule has 6 nitrogen and oxygen atoms in total. The molecule has 0 amide bonds. The highest BCUT2D eigenvalue weighted by atomic mass is 16.5. The van der Waals surface area contributed by atoms with Crippen LogP contribution < -0.4 is 9.30 Å². The Balaban J connectivity index is 1.26. The molecule has 6 heteroatoms. The van der Waals surface area contributed by atoms with Crippen molar-refractivity contribution in [2.24, 2.45) is 0 Å². The minimum Gasteiger partial charge on any atom is -0.458 e. The molecule has 64 heavy (non-hydrogen) atoms. The number of hydrogen-bond acceptors (Lipinski definition) is 3. The van der Waals surface area contributed by atoms with Gasteiger partial charge in [0.25, 0.3) is 6.33 Å². The van der Waals surface area contributed by atoms with E-state index in [4.69, 9.17) is 29.4 Å². The van der Waals surface area contributed by atoms with Gasteiger partial charge in [-0.05, 0) is 106 Å². The third-order valence-corrected chi connectivity index (χ3v) is 9.80. The summed E-state index contributed by atoms with van der Waals surface area (Å²) in [7, 11) is 0. The summed E-state index contributed by atoms with van der Waals surface area (Å²) in [5, 5.41) is -0.758. The molecule has 0 spiro atoms. The number of rotatable bonds is 8. The summed E-state index contributed by atoms with van der Waals surface area (Å²) in [6.45, 7) is 6.30. The Bertz CT molecular complexity index is 5210. The van der Waals surface area contributed by atoms with Gasteiger partial charge in [-0.25, -0.2) is 4.98 Å². The van der Waals surface area contributed by atoms with Gasteiger partial charge in [0.05, 0.1) is 81.6 Å².